The summed E-state index contributed by atoms with van der Waals surface area (Å²) in [6.07, 6.45) is 1.40. The molecule has 0 bridgehead atoms. The molecule has 1 atom stereocenters. The Morgan fingerprint density at radius 3 is 2.95 bits per heavy atom. The number of aliphatic hydroxyl groups is 1. The third kappa shape index (κ3) is 3.67. The minimum Gasteiger partial charge on any atom is -0.388 e. The van der Waals surface area contributed by atoms with E-state index in [9.17, 15) is 9.90 Å². The van der Waals surface area contributed by atoms with E-state index in [1.54, 1.807) is 26.2 Å². The zero-order chi connectivity index (χ0) is 16.3. The molecule has 2 heterocycles. The van der Waals surface area contributed by atoms with Gasteiger partial charge in [0.1, 0.15) is 11.9 Å². The molecule has 1 aliphatic heterocycles. The van der Waals surface area contributed by atoms with Crippen molar-refractivity contribution in [1.29, 1.82) is 5.26 Å². The molecule has 1 unspecified atom stereocenters. The number of hydrogen-bond donors (Lipinski definition) is 1. The molecular formula is C15H19ClN4O2. The molecule has 1 amide bonds. The number of rotatable bonds is 3. The highest BCUT2D eigenvalue weighted by Crippen LogP contribution is 2.29. The lowest BCUT2D eigenvalue weighted by atomic mass is 9.89. The van der Waals surface area contributed by atoms with Crippen LogP contribution < -0.4 is 4.90 Å². The van der Waals surface area contributed by atoms with Gasteiger partial charge >= 0.3 is 0 Å². The Morgan fingerprint density at radius 2 is 2.32 bits per heavy atom. The van der Waals surface area contributed by atoms with Crippen molar-refractivity contribution in [3.05, 3.63) is 22.8 Å². The Morgan fingerprint density at radius 1 is 1.59 bits per heavy atom. The minimum atomic E-state index is -1.08. The van der Waals surface area contributed by atoms with Crippen molar-refractivity contribution in [2.45, 2.75) is 24.9 Å². The molecule has 1 aromatic rings. The lowest BCUT2D eigenvalue weighted by Crippen LogP contribution is -2.50. The smallest absolute Gasteiger partial charge is 0.225 e. The molecule has 0 aliphatic carbocycles. The lowest BCUT2D eigenvalue weighted by Gasteiger charge is -2.40. The number of β-amino-alcohol motifs (C(OH)–C–C–N with tert-alkyl or cyclic N) is 1. The normalized spacial score (nSPS) is 21.3. The minimum absolute atomic E-state index is 0.0786. The van der Waals surface area contributed by atoms with Gasteiger partial charge in [-0.25, -0.2) is 4.98 Å². The number of halogens is 1. The van der Waals surface area contributed by atoms with Crippen LogP contribution in [0.15, 0.2) is 12.1 Å². The number of piperidine rings is 1. The van der Waals surface area contributed by atoms with Crippen molar-refractivity contribution in [3.63, 3.8) is 0 Å². The van der Waals surface area contributed by atoms with Crippen LogP contribution in [0.25, 0.3) is 0 Å². The third-order valence-corrected chi connectivity index (χ3v) is 4.10. The zero-order valence-corrected chi connectivity index (χ0v) is 13.5. The third-order valence-electron chi connectivity index (χ3n) is 3.80. The van der Waals surface area contributed by atoms with Gasteiger partial charge in [0, 0.05) is 27.2 Å². The van der Waals surface area contributed by atoms with Crippen LogP contribution in [0.5, 0.6) is 0 Å². The van der Waals surface area contributed by atoms with E-state index in [0.717, 1.165) is 13.0 Å². The SMILES string of the molecule is CN(C)C(=O)CC1(O)CCCN(c2ccc(Cl)c(C#N)n2)C1. The van der Waals surface area contributed by atoms with Crippen molar-refractivity contribution in [1.82, 2.24) is 9.88 Å². The van der Waals surface area contributed by atoms with Crippen molar-refractivity contribution < 1.29 is 9.90 Å². The fourth-order valence-corrected chi connectivity index (χ4v) is 2.73. The Labute approximate surface area is 134 Å². The summed E-state index contributed by atoms with van der Waals surface area (Å²) in [7, 11) is 3.35. The van der Waals surface area contributed by atoms with E-state index in [1.165, 1.54) is 4.90 Å². The van der Waals surface area contributed by atoms with E-state index >= 15 is 0 Å². The molecule has 1 N–H and O–H groups in total. The van der Waals surface area contributed by atoms with Crippen molar-refractivity contribution >= 4 is 23.3 Å². The Bertz CT molecular complexity index is 614. The van der Waals surface area contributed by atoms with Gasteiger partial charge in [0.2, 0.25) is 5.91 Å². The molecule has 0 aromatic carbocycles. The second-order valence-corrected chi connectivity index (χ2v) is 6.23. The molecule has 7 heteroatoms. The standard InChI is InChI=1S/C15H19ClN4O2/c1-19(2)14(21)8-15(22)6-3-7-20(10-15)13-5-4-11(16)12(9-17)18-13/h4-5,22H,3,6-8,10H2,1-2H3. The Balaban J connectivity index is 2.17. The molecule has 118 valence electrons. The highest BCUT2D eigenvalue weighted by atomic mass is 35.5. The van der Waals surface area contributed by atoms with Crippen LogP contribution in [-0.4, -0.2) is 53.7 Å². The van der Waals surface area contributed by atoms with Gasteiger partial charge in [-0.2, -0.15) is 5.26 Å². The van der Waals surface area contributed by atoms with Crippen molar-refractivity contribution in [3.8, 4) is 6.07 Å². The molecule has 1 aliphatic rings. The van der Waals surface area contributed by atoms with Gasteiger partial charge in [0.25, 0.3) is 0 Å². The summed E-state index contributed by atoms with van der Waals surface area (Å²) < 4.78 is 0. The fourth-order valence-electron chi connectivity index (χ4n) is 2.58. The van der Waals surface area contributed by atoms with E-state index in [1.807, 2.05) is 11.0 Å². The quantitative estimate of drug-likeness (QED) is 0.910. The largest absolute Gasteiger partial charge is 0.388 e. The highest BCUT2D eigenvalue weighted by Gasteiger charge is 2.36. The van der Waals surface area contributed by atoms with Crippen LogP contribution in [0.1, 0.15) is 25.0 Å². The first-order valence-corrected chi connectivity index (χ1v) is 7.46. The predicted octanol–water partition coefficient (Wildman–Crippen LogP) is 1.42. The predicted molar refractivity (Wildman–Crippen MR) is 83.7 cm³/mol. The molecule has 6 nitrogen and oxygen atoms in total. The average Bonchev–Trinajstić information content (AvgIpc) is 2.47. The summed E-state index contributed by atoms with van der Waals surface area (Å²) in [4.78, 5) is 19.5. The molecule has 0 saturated carbocycles. The van der Waals surface area contributed by atoms with Crippen LogP contribution in [0.2, 0.25) is 5.02 Å². The number of aromatic nitrogens is 1. The molecule has 2 rings (SSSR count). The van der Waals surface area contributed by atoms with Gasteiger partial charge in [-0.1, -0.05) is 11.6 Å². The maximum Gasteiger partial charge on any atom is 0.225 e. The van der Waals surface area contributed by atoms with E-state index < -0.39 is 5.60 Å². The van der Waals surface area contributed by atoms with Crippen molar-refractivity contribution in [2.24, 2.45) is 0 Å². The molecule has 0 radical (unpaired) electrons. The number of nitriles is 1. The van der Waals surface area contributed by atoms with Gasteiger partial charge in [-0.15, -0.1) is 0 Å². The number of carbonyl (C=O) groups excluding carboxylic acids is 1. The van der Waals surface area contributed by atoms with Gasteiger partial charge in [-0.05, 0) is 25.0 Å². The van der Waals surface area contributed by atoms with Gasteiger partial charge < -0.3 is 14.9 Å². The second-order valence-electron chi connectivity index (χ2n) is 5.83. The van der Waals surface area contributed by atoms with Gasteiger partial charge in [0.05, 0.1) is 17.0 Å². The maximum atomic E-state index is 11.9. The molecule has 1 aromatic heterocycles. The van der Waals surface area contributed by atoms with Gasteiger partial charge in [-0.3, -0.25) is 4.79 Å². The molecular weight excluding hydrogens is 304 g/mol. The Hall–Kier alpha value is -1.84. The monoisotopic (exact) mass is 322 g/mol. The molecule has 22 heavy (non-hydrogen) atoms. The number of pyridine rings is 1. The van der Waals surface area contributed by atoms with E-state index in [2.05, 4.69) is 4.98 Å². The summed E-state index contributed by atoms with van der Waals surface area (Å²) in [6.45, 7) is 1.03. The van der Waals surface area contributed by atoms with Crippen molar-refractivity contribution in [2.75, 3.05) is 32.1 Å². The number of anilines is 1. The second kappa shape index (κ2) is 6.51. The molecule has 0 spiro atoms. The lowest BCUT2D eigenvalue weighted by molar-refractivity contribution is -0.134. The van der Waals surface area contributed by atoms with Gasteiger partial charge in [0.15, 0.2) is 5.69 Å². The van der Waals surface area contributed by atoms with Crippen LogP contribution in [-0.2, 0) is 4.79 Å². The van der Waals surface area contributed by atoms with E-state index in [4.69, 9.17) is 16.9 Å². The summed E-state index contributed by atoms with van der Waals surface area (Å²) in [6, 6.07) is 5.30. The van der Waals surface area contributed by atoms with E-state index in [0.29, 0.717) is 23.8 Å². The first-order chi connectivity index (χ1) is 10.3. The number of carbonyl (C=O) groups is 1. The molecule has 1 saturated heterocycles. The summed E-state index contributed by atoms with van der Waals surface area (Å²) in [5.41, 5.74) is -0.911. The number of nitrogens with zero attached hydrogens (tertiary/aromatic N) is 4. The number of hydrogen-bond acceptors (Lipinski definition) is 5. The first kappa shape index (κ1) is 16.5. The average molecular weight is 323 g/mol. The zero-order valence-electron chi connectivity index (χ0n) is 12.7. The maximum absolute atomic E-state index is 11.9. The summed E-state index contributed by atoms with van der Waals surface area (Å²) >= 11 is 5.89. The summed E-state index contributed by atoms with van der Waals surface area (Å²) in [5.74, 6) is 0.488. The number of amides is 1. The van der Waals surface area contributed by atoms with Crippen LogP contribution in [0, 0.1) is 11.3 Å². The first-order valence-electron chi connectivity index (χ1n) is 7.09. The Kier molecular flexibility index (Phi) is 4.89. The van der Waals surface area contributed by atoms with Crippen LogP contribution in [0.4, 0.5) is 5.82 Å². The molecule has 1 fully saturated rings. The summed E-state index contributed by atoms with van der Waals surface area (Å²) in [5, 5.41) is 20.0. The van der Waals surface area contributed by atoms with E-state index in [-0.39, 0.29) is 18.0 Å². The van der Waals surface area contributed by atoms with Crippen LogP contribution >= 0.6 is 11.6 Å². The fraction of sp³-hybridized carbons (Fsp3) is 0.533. The van der Waals surface area contributed by atoms with Crippen LogP contribution in [0.3, 0.4) is 0 Å². The topological polar surface area (TPSA) is 80.5 Å². The highest BCUT2D eigenvalue weighted by molar-refractivity contribution is 6.31.